The molecule has 0 bridgehead atoms. The Morgan fingerprint density at radius 2 is 2.08 bits per heavy atom. The number of benzene rings is 1. The lowest BCUT2D eigenvalue weighted by molar-refractivity contribution is 0.0897. The number of thioether (sulfide) groups is 1. The number of rotatable bonds is 6. The van der Waals surface area contributed by atoms with Gasteiger partial charge in [0.05, 0.1) is 6.10 Å². The van der Waals surface area contributed by atoms with Crippen molar-refractivity contribution in [2.45, 2.75) is 56.1 Å². The summed E-state index contributed by atoms with van der Waals surface area (Å²) in [6.07, 6.45) is 5.93. The van der Waals surface area contributed by atoms with E-state index in [1.807, 2.05) is 36.0 Å². The maximum Gasteiger partial charge on any atom is 0.287 e. The maximum atomic E-state index is 12.5. The molecule has 1 aromatic carbocycles. The van der Waals surface area contributed by atoms with E-state index >= 15 is 0 Å². The first-order valence-electron chi connectivity index (χ1n) is 8.73. The lowest BCUT2D eigenvalue weighted by atomic mass is 10.0. The van der Waals surface area contributed by atoms with Gasteiger partial charge in [0.25, 0.3) is 5.91 Å². The number of nitrogens with one attached hydrogen (secondary N) is 1. The van der Waals surface area contributed by atoms with E-state index in [0.29, 0.717) is 11.0 Å². The van der Waals surface area contributed by atoms with E-state index in [0.717, 1.165) is 22.3 Å². The Morgan fingerprint density at radius 3 is 2.83 bits per heavy atom. The van der Waals surface area contributed by atoms with Crippen LogP contribution in [0.3, 0.4) is 0 Å². The van der Waals surface area contributed by atoms with Gasteiger partial charge in [-0.15, -0.1) is 0 Å². The molecular weight excluding hydrogens is 322 g/mol. The third-order valence-corrected chi connectivity index (χ3v) is 5.88. The van der Waals surface area contributed by atoms with Gasteiger partial charge in [0.15, 0.2) is 5.76 Å². The number of furan rings is 1. The van der Waals surface area contributed by atoms with E-state index in [4.69, 9.17) is 4.42 Å². The normalized spacial score (nSPS) is 17.1. The number of carbonyl (C=O) groups excluding carboxylic acids is 1. The van der Waals surface area contributed by atoms with Crippen molar-refractivity contribution in [3.63, 3.8) is 0 Å². The van der Waals surface area contributed by atoms with E-state index in [9.17, 15) is 9.90 Å². The standard InChI is InChI=1S/C19H25NO3S/c1-13(21)11-20-19(22)18-16(12-24-14-7-3-2-4-8-14)15-9-5-6-10-17(15)23-18/h5-6,9-10,13-14,21H,2-4,7-8,11-12H2,1H3,(H,20,22). The molecule has 0 saturated heterocycles. The Kier molecular flexibility index (Phi) is 5.85. The molecule has 2 N–H and O–H groups in total. The maximum absolute atomic E-state index is 12.5. The summed E-state index contributed by atoms with van der Waals surface area (Å²) in [5.41, 5.74) is 1.73. The van der Waals surface area contributed by atoms with Crippen LogP contribution in [0.5, 0.6) is 0 Å². The summed E-state index contributed by atoms with van der Waals surface area (Å²) in [6.45, 7) is 1.88. The number of amides is 1. The summed E-state index contributed by atoms with van der Waals surface area (Å²) in [4.78, 5) is 12.5. The van der Waals surface area contributed by atoms with Crippen molar-refractivity contribution in [2.24, 2.45) is 0 Å². The van der Waals surface area contributed by atoms with Crippen LogP contribution in [0.1, 0.15) is 55.1 Å². The van der Waals surface area contributed by atoms with Crippen molar-refractivity contribution in [2.75, 3.05) is 6.54 Å². The summed E-state index contributed by atoms with van der Waals surface area (Å²) in [7, 11) is 0. The van der Waals surface area contributed by atoms with Crippen molar-refractivity contribution in [3.05, 3.63) is 35.6 Å². The van der Waals surface area contributed by atoms with Crippen LogP contribution in [-0.2, 0) is 5.75 Å². The smallest absolute Gasteiger partial charge is 0.287 e. The number of hydrogen-bond acceptors (Lipinski definition) is 4. The van der Waals surface area contributed by atoms with Gasteiger partial charge in [0.2, 0.25) is 0 Å². The summed E-state index contributed by atoms with van der Waals surface area (Å²) in [5, 5.41) is 13.8. The summed E-state index contributed by atoms with van der Waals surface area (Å²) in [5.74, 6) is 0.936. The quantitative estimate of drug-likeness (QED) is 0.825. The van der Waals surface area contributed by atoms with Gasteiger partial charge in [-0.05, 0) is 25.8 Å². The third kappa shape index (κ3) is 4.14. The number of hydrogen-bond donors (Lipinski definition) is 2. The monoisotopic (exact) mass is 347 g/mol. The molecule has 4 nitrogen and oxygen atoms in total. The lowest BCUT2D eigenvalue weighted by Crippen LogP contribution is -2.30. The number of para-hydroxylation sites is 1. The zero-order valence-corrected chi connectivity index (χ0v) is 14.9. The fourth-order valence-electron chi connectivity index (χ4n) is 3.18. The van der Waals surface area contributed by atoms with E-state index < -0.39 is 6.10 Å². The van der Waals surface area contributed by atoms with Gasteiger partial charge in [0, 0.05) is 28.5 Å². The van der Waals surface area contributed by atoms with Crippen molar-refractivity contribution >= 4 is 28.6 Å². The van der Waals surface area contributed by atoms with Crippen molar-refractivity contribution in [1.29, 1.82) is 0 Å². The molecule has 1 amide bonds. The Morgan fingerprint density at radius 1 is 1.33 bits per heavy atom. The zero-order valence-electron chi connectivity index (χ0n) is 14.1. The Hall–Kier alpha value is -1.46. The molecule has 0 spiro atoms. The van der Waals surface area contributed by atoms with E-state index in [1.165, 1.54) is 32.1 Å². The van der Waals surface area contributed by atoms with Crippen LogP contribution in [0, 0.1) is 0 Å². The second kappa shape index (κ2) is 8.08. The number of fused-ring (bicyclic) bond motifs is 1. The van der Waals surface area contributed by atoms with Crippen LogP contribution >= 0.6 is 11.8 Å². The largest absolute Gasteiger partial charge is 0.451 e. The first kappa shape index (κ1) is 17.4. The van der Waals surface area contributed by atoms with Gasteiger partial charge in [-0.25, -0.2) is 0 Å². The molecule has 2 aromatic rings. The van der Waals surface area contributed by atoms with Crippen LogP contribution in [0.25, 0.3) is 11.0 Å². The first-order chi connectivity index (χ1) is 11.6. The van der Waals surface area contributed by atoms with Gasteiger partial charge in [-0.1, -0.05) is 37.5 Å². The predicted molar refractivity (Wildman–Crippen MR) is 98.4 cm³/mol. The van der Waals surface area contributed by atoms with Crippen LogP contribution in [0.15, 0.2) is 28.7 Å². The molecule has 1 aliphatic carbocycles. The Balaban J connectivity index is 1.80. The average molecular weight is 347 g/mol. The predicted octanol–water partition coefficient (Wildman–Crippen LogP) is 4.11. The fourth-order valence-corrected chi connectivity index (χ4v) is 4.53. The van der Waals surface area contributed by atoms with Crippen molar-refractivity contribution < 1.29 is 14.3 Å². The molecule has 24 heavy (non-hydrogen) atoms. The highest BCUT2D eigenvalue weighted by molar-refractivity contribution is 7.99. The molecule has 0 aliphatic heterocycles. The van der Waals surface area contributed by atoms with Crippen LogP contribution in [-0.4, -0.2) is 28.9 Å². The molecule has 1 heterocycles. The highest BCUT2D eigenvalue weighted by Crippen LogP contribution is 2.34. The molecule has 130 valence electrons. The minimum absolute atomic E-state index is 0.227. The van der Waals surface area contributed by atoms with E-state index in [2.05, 4.69) is 5.32 Å². The number of aliphatic hydroxyl groups excluding tert-OH is 1. The third-order valence-electron chi connectivity index (χ3n) is 4.48. The molecule has 5 heteroatoms. The van der Waals surface area contributed by atoms with Gasteiger partial charge in [-0.2, -0.15) is 11.8 Å². The van der Waals surface area contributed by atoms with Gasteiger partial charge in [-0.3, -0.25) is 4.79 Å². The van der Waals surface area contributed by atoms with Crippen molar-refractivity contribution in [1.82, 2.24) is 5.32 Å². The van der Waals surface area contributed by atoms with E-state index in [-0.39, 0.29) is 12.5 Å². The molecule has 1 aliphatic rings. The molecule has 1 saturated carbocycles. The van der Waals surface area contributed by atoms with Crippen LogP contribution < -0.4 is 5.32 Å². The van der Waals surface area contributed by atoms with Crippen LogP contribution in [0.4, 0.5) is 0 Å². The van der Waals surface area contributed by atoms with Crippen LogP contribution in [0.2, 0.25) is 0 Å². The number of aliphatic hydroxyl groups is 1. The molecule has 1 atom stereocenters. The second-order valence-electron chi connectivity index (χ2n) is 6.54. The molecule has 1 fully saturated rings. The van der Waals surface area contributed by atoms with Crippen molar-refractivity contribution in [3.8, 4) is 0 Å². The second-order valence-corrected chi connectivity index (χ2v) is 7.82. The molecular formula is C19H25NO3S. The minimum atomic E-state index is -0.571. The highest BCUT2D eigenvalue weighted by atomic mass is 32.2. The lowest BCUT2D eigenvalue weighted by Gasteiger charge is -2.20. The average Bonchev–Trinajstić information content (AvgIpc) is 2.97. The minimum Gasteiger partial charge on any atom is -0.451 e. The Bertz CT molecular complexity index is 689. The first-order valence-corrected chi connectivity index (χ1v) is 9.78. The summed E-state index contributed by atoms with van der Waals surface area (Å²) < 4.78 is 5.83. The topological polar surface area (TPSA) is 62.5 Å². The molecule has 3 rings (SSSR count). The fraction of sp³-hybridized carbons (Fsp3) is 0.526. The molecule has 1 aromatic heterocycles. The summed E-state index contributed by atoms with van der Waals surface area (Å²) >= 11 is 1.94. The van der Waals surface area contributed by atoms with Gasteiger partial charge in [0.1, 0.15) is 5.58 Å². The SMILES string of the molecule is CC(O)CNC(=O)c1oc2ccccc2c1CSC1CCCCC1. The number of carbonyl (C=O) groups is 1. The zero-order chi connectivity index (χ0) is 16.9. The van der Waals surface area contributed by atoms with Gasteiger partial charge >= 0.3 is 0 Å². The van der Waals surface area contributed by atoms with Gasteiger partial charge < -0.3 is 14.8 Å². The molecule has 1 unspecified atom stereocenters. The summed E-state index contributed by atoms with van der Waals surface area (Å²) in [6, 6.07) is 7.81. The Labute approximate surface area is 147 Å². The highest BCUT2D eigenvalue weighted by Gasteiger charge is 2.22. The van der Waals surface area contributed by atoms with E-state index in [1.54, 1.807) is 6.92 Å². The molecule has 0 radical (unpaired) electrons.